The Labute approximate surface area is 411 Å². The fourth-order valence-electron chi connectivity index (χ4n) is 10.4. The monoisotopic (exact) mass is 900 g/mol. The number of hydrogen-bond donors (Lipinski definition) is 0. The van der Waals surface area contributed by atoms with Crippen LogP contribution in [0.5, 0.6) is 0 Å². The molecule has 0 aliphatic carbocycles. The van der Waals surface area contributed by atoms with E-state index in [0.29, 0.717) is 0 Å². The lowest BCUT2D eigenvalue weighted by atomic mass is 9.79. The SMILES string of the molecule is CC(C)(C)c1ccc(N2c3ccccc3C(=C3c4ccccc4N(c4cc(N(c5ccccc5)c5ccccc5)cc(N(c5ccccc5)c5ccccc5)c4)c4ccccc43)c3ccccc32)cc1. The summed E-state index contributed by atoms with van der Waals surface area (Å²) in [5.41, 5.74) is 21.6. The van der Waals surface area contributed by atoms with Crippen molar-refractivity contribution >= 4 is 79.4 Å². The van der Waals surface area contributed by atoms with Crippen LogP contribution in [0.25, 0.3) is 11.1 Å². The van der Waals surface area contributed by atoms with Gasteiger partial charge in [0.25, 0.3) is 0 Å². The number of rotatable bonds is 8. The van der Waals surface area contributed by atoms with Crippen LogP contribution in [0.3, 0.4) is 0 Å². The number of benzene rings is 10. The molecule has 0 unspecified atom stereocenters. The highest BCUT2D eigenvalue weighted by Gasteiger charge is 2.35. The van der Waals surface area contributed by atoms with Gasteiger partial charge in [0.15, 0.2) is 0 Å². The zero-order valence-electron chi connectivity index (χ0n) is 39.6. The zero-order valence-corrected chi connectivity index (χ0v) is 39.6. The molecule has 10 aromatic rings. The first-order valence-corrected chi connectivity index (χ1v) is 24.2. The number of fused-ring (bicyclic) bond motifs is 4. The van der Waals surface area contributed by atoms with Crippen LogP contribution in [0.2, 0.25) is 0 Å². The van der Waals surface area contributed by atoms with Crippen LogP contribution in [0.15, 0.2) is 261 Å². The summed E-state index contributed by atoms with van der Waals surface area (Å²) in [6.07, 6.45) is 0. The summed E-state index contributed by atoms with van der Waals surface area (Å²) in [6, 6.07) is 94.8. The minimum absolute atomic E-state index is 0.0543. The second kappa shape index (κ2) is 17.7. The molecule has 2 aliphatic heterocycles. The maximum atomic E-state index is 2.48. The van der Waals surface area contributed by atoms with Crippen molar-refractivity contribution < 1.29 is 0 Å². The second-order valence-corrected chi connectivity index (χ2v) is 19.0. The van der Waals surface area contributed by atoms with E-state index in [1.54, 1.807) is 0 Å². The number of hydrogen-bond acceptors (Lipinski definition) is 4. The number of anilines is 12. The molecule has 0 spiro atoms. The van der Waals surface area contributed by atoms with E-state index in [9.17, 15) is 0 Å². The first-order chi connectivity index (χ1) is 34.4. The minimum atomic E-state index is 0.0543. The fourth-order valence-corrected chi connectivity index (χ4v) is 10.4. The minimum Gasteiger partial charge on any atom is -0.310 e. The topological polar surface area (TPSA) is 13.0 Å². The lowest BCUT2D eigenvalue weighted by molar-refractivity contribution is 0.590. The van der Waals surface area contributed by atoms with E-state index in [2.05, 4.69) is 301 Å². The summed E-state index contributed by atoms with van der Waals surface area (Å²) in [5, 5.41) is 0. The van der Waals surface area contributed by atoms with Gasteiger partial charge in [-0.3, -0.25) is 0 Å². The molecule has 0 fully saturated rings. The van der Waals surface area contributed by atoms with Gasteiger partial charge >= 0.3 is 0 Å². The molecule has 12 rings (SSSR count). The summed E-state index contributed by atoms with van der Waals surface area (Å²) in [5.74, 6) is 0. The lowest BCUT2D eigenvalue weighted by Crippen LogP contribution is -2.22. The summed E-state index contributed by atoms with van der Waals surface area (Å²) < 4.78 is 0. The Balaban J connectivity index is 1.11. The molecule has 0 N–H and O–H groups in total. The molecule has 0 radical (unpaired) electrons. The third-order valence-corrected chi connectivity index (χ3v) is 13.6. The van der Waals surface area contributed by atoms with Crippen LogP contribution < -0.4 is 19.6 Å². The van der Waals surface area contributed by atoms with E-state index >= 15 is 0 Å². The van der Waals surface area contributed by atoms with Gasteiger partial charge < -0.3 is 19.6 Å². The number of nitrogens with zero attached hydrogens (tertiary/aromatic N) is 4. The quantitative estimate of drug-likeness (QED) is 0.151. The standard InChI is InChI=1S/C66H52N4/c1-66(2,3)47-40-42-52(43-41-47)69-60-36-20-16-32-56(60)64(57-33-17-21-37-61(57)69)65-58-34-18-22-38-62(58)70(63-39-23-19-35-59(63)65)55-45-53(67(48-24-8-4-9-25-48)49-26-10-5-11-27-49)44-54(46-55)68(50-28-12-6-13-29-50)51-30-14-7-15-31-51/h4-46H,1-3H3. The molecule has 0 saturated carbocycles. The average molecular weight is 901 g/mol. The largest absolute Gasteiger partial charge is 0.310 e. The normalized spacial score (nSPS) is 12.7. The van der Waals surface area contributed by atoms with Crippen molar-refractivity contribution in [1.29, 1.82) is 0 Å². The van der Waals surface area contributed by atoms with Gasteiger partial charge in [0.05, 0.1) is 39.8 Å². The third-order valence-electron chi connectivity index (χ3n) is 13.6. The smallest absolute Gasteiger partial charge is 0.0540 e. The second-order valence-electron chi connectivity index (χ2n) is 19.0. The molecule has 2 aliphatic rings. The molecule has 336 valence electrons. The van der Waals surface area contributed by atoms with Gasteiger partial charge in [0.2, 0.25) is 0 Å². The van der Waals surface area contributed by atoms with Crippen molar-refractivity contribution in [1.82, 2.24) is 0 Å². The Bertz CT molecular complexity index is 3240. The van der Waals surface area contributed by atoms with Gasteiger partial charge in [0, 0.05) is 61.8 Å². The van der Waals surface area contributed by atoms with Crippen molar-refractivity contribution in [2.75, 3.05) is 19.6 Å². The molecule has 10 aromatic carbocycles. The van der Waals surface area contributed by atoms with Crippen molar-refractivity contribution in [2.24, 2.45) is 0 Å². The molecule has 0 atom stereocenters. The third kappa shape index (κ3) is 7.51. The average Bonchev–Trinajstić information content (AvgIpc) is 3.41. The van der Waals surface area contributed by atoms with E-state index in [4.69, 9.17) is 0 Å². The van der Waals surface area contributed by atoms with E-state index in [1.165, 1.54) is 39.0 Å². The highest BCUT2D eigenvalue weighted by atomic mass is 15.2. The molecule has 0 aromatic heterocycles. The number of para-hydroxylation sites is 8. The Morgan fingerprint density at radius 2 is 0.557 bits per heavy atom. The summed E-state index contributed by atoms with van der Waals surface area (Å²) in [7, 11) is 0. The molecule has 0 bridgehead atoms. The molecule has 2 heterocycles. The van der Waals surface area contributed by atoms with E-state index in [0.717, 1.165) is 68.2 Å². The van der Waals surface area contributed by atoms with Crippen molar-refractivity contribution in [3.8, 4) is 0 Å². The van der Waals surface area contributed by atoms with Crippen LogP contribution in [0.4, 0.5) is 68.2 Å². The Hall–Kier alpha value is -8.86. The maximum absolute atomic E-state index is 2.48. The van der Waals surface area contributed by atoms with Gasteiger partial charge in [-0.15, -0.1) is 0 Å². The fraction of sp³-hybridized carbons (Fsp3) is 0.0606. The van der Waals surface area contributed by atoms with Crippen molar-refractivity contribution in [3.63, 3.8) is 0 Å². The van der Waals surface area contributed by atoms with Crippen molar-refractivity contribution in [2.45, 2.75) is 26.2 Å². The Kier molecular flexibility index (Phi) is 10.7. The molecule has 0 saturated heterocycles. The Morgan fingerprint density at radius 1 is 0.271 bits per heavy atom. The van der Waals surface area contributed by atoms with E-state index < -0.39 is 0 Å². The van der Waals surface area contributed by atoms with E-state index in [1.807, 2.05) is 0 Å². The first kappa shape index (κ1) is 42.5. The maximum Gasteiger partial charge on any atom is 0.0540 e. The van der Waals surface area contributed by atoms with Crippen LogP contribution in [-0.4, -0.2) is 0 Å². The highest BCUT2D eigenvalue weighted by molar-refractivity contribution is 6.17. The summed E-state index contributed by atoms with van der Waals surface area (Å²) in [4.78, 5) is 9.66. The van der Waals surface area contributed by atoms with Crippen LogP contribution in [0, 0.1) is 0 Å². The van der Waals surface area contributed by atoms with Crippen LogP contribution in [0.1, 0.15) is 48.6 Å². The van der Waals surface area contributed by atoms with Gasteiger partial charge in [-0.1, -0.05) is 178 Å². The van der Waals surface area contributed by atoms with Crippen molar-refractivity contribution in [3.05, 3.63) is 289 Å². The van der Waals surface area contributed by atoms with E-state index in [-0.39, 0.29) is 5.41 Å². The molecule has 70 heavy (non-hydrogen) atoms. The first-order valence-electron chi connectivity index (χ1n) is 24.2. The highest BCUT2D eigenvalue weighted by Crippen LogP contribution is 2.57. The van der Waals surface area contributed by atoms with Gasteiger partial charge in [-0.25, -0.2) is 0 Å². The van der Waals surface area contributed by atoms with Gasteiger partial charge in [-0.05, 0) is 114 Å². The predicted molar refractivity (Wildman–Crippen MR) is 295 cm³/mol. The lowest BCUT2D eigenvalue weighted by Gasteiger charge is -2.40. The molecule has 0 amide bonds. The van der Waals surface area contributed by atoms with Gasteiger partial charge in [-0.2, -0.15) is 0 Å². The molecule has 4 heteroatoms. The summed E-state index contributed by atoms with van der Waals surface area (Å²) >= 11 is 0. The predicted octanol–water partition coefficient (Wildman–Crippen LogP) is 18.5. The Morgan fingerprint density at radius 3 is 0.871 bits per heavy atom. The van der Waals surface area contributed by atoms with Gasteiger partial charge in [0.1, 0.15) is 0 Å². The zero-order chi connectivity index (χ0) is 47.2. The summed E-state index contributed by atoms with van der Waals surface area (Å²) in [6.45, 7) is 6.82. The van der Waals surface area contributed by atoms with Crippen LogP contribution >= 0.6 is 0 Å². The molecular weight excluding hydrogens is 849 g/mol. The molecule has 4 nitrogen and oxygen atoms in total. The molecular formula is C66H52N4. The van der Waals surface area contributed by atoms with Crippen LogP contribution in [-0.2, 0) is 5.41 Å².